The van der Waals surface area contributed by atoms with Crippen LogP contribution in [0.15, 0.2) is 28.4 Å². The number of pyridine rings is 2. The molecule has 84 heavy (non-hydrogen) atoms. The van der Waals surface area contributed by atoms with Gasteiger partial charge in [0.1, 0.15) is 35.6 Å². The van der Waals surface area contributed by atoms with Crippen LogP contribution >= 0.6 is 0 Å². The van der Waals surface area contributed by atoms with Crippen molar-refractivity contribution < 1.29 is 77.9 Å². The number of hydrogen-bond acceptors (Lipinski definition) is 22. The molecule has 6 N–H and O–H groups in total. The monoisotopic (exact) mass is 1190 g/mol. The zero-order valence-electron chi connectivity index (χ0n) is 52.9. The van der Waals surface area contributed by atoms with E-state index in [-0.39, 0.29) is 61.9 Å². The van der Waals surface area contributed by atoms with Crippen LogP contribution in [0.4, 0.5) is 0 Å². The van der Waals surface area contributed by atoms with E-state index < -0.39 is 119 Å². The molecule has 0 radical (unpaired) electrons. The van der Waals surface area contributed by atoms with Crippen molar-refractivity contribution in [3.05, 3.63) is 39.8 Å². The van der Waals surface area contributed by atoms with Crippen molar-refractivity contribution in [2.45, 2.75) is 212 Å². The van der Waals surface area contributed by atoms with E-state index in [0.29, 0.717) is 43.7 Å². The van der Waals surface area contributed by atoms with E-state index in [1.54, 1.807) is 79.8 Å². The van der Waals surface area contributed by atoms with E-state index in [2.05, 4.69) is 34.2 Å². The van der Waals surface area contributed by atoms with Gasteiger partial charge in [0.15, 0.2) is 24.3 Å². The predicted octanol–water partition coefficient (Wildman–Crippen LogP) is 3.70. The van der Waals surface area contributed by atoms with Gasteiger partial charge in [-0.25, -0.2) is 14.5 Å². The van der Waals surface area contributed by atoms with E-state index in [0.717, 1.165) is 18.7 Å². The number of nitrogens with zero attached hydrogens (tertiary/aromatic N) is 6. The molecule has 0 saturated carbocycles. The Morgan fingerprint density at radius 1 is 0.929 bits per heavy atom. The van der Waals surface area contributed by atoms with Crippen molar-refractivity contribution in [1.82, 2.24) is 24.8 Å². The average molecular weight is 1190 g/mol. The molecular formula is C60H101N7O17. The molecule has 0 spiro atoms. The second-order valence-corrected chi connectivity index (χ2v) is 24.6. The van der Waals surface area contributed by atoms with Gasteiger partial charge in [-0.3, -0.25) is 14.4 Å². The van der Waals surface area contributed by atoms with Crippen molar-refractivity contribution >= 4 is 34.7 Å². The number of ether oxygens (including phenoxy) is 7. The summed E-state index contributed by atoms with van der Waals surface area (Å²) in [5.74, 6) is -6.15. The Morgan fingerprint density at radius 2 is 1.61 bits per heavy atom. The maximum Gasteiger partial charge on any atom is 0.341 e. The number of carbonyl (C=O) groups excluding carboxylic acids is 2. The number of hydrogen-bond donors (Lipinski definition) is 6. The zero-order chi connectivity index (χ0) is 62.8. The molecule has 5 heterocycles. The Hall–Kier alpha value is -4.44. The van der Waals surface area contributed by atoms with Crippen molar-refractivity contribution in [3.63, 3.8) is 0 Å². The standard InChI is InChI=1S/C60H101N7O17/c1-18-44-60(12,76)51(71)36(6)47(63-78-27-26-66(19-2)20-3)34(4)30-58(10,75)52(84-57-49(70)43(64(13)14)28-35(5)79-57)37(7)50(38(8)56(74)81-44)83-46-31-59(11,77-17)53(39(9)80-46)82-45(68)23-25-61-24-21-22-40-29-41-48(69)42(55(72)73)33-67(65(15)16)54(41)62-32-40/h29,32-39,43-44,46,49-53,57,61,70-71,75-76H,18-28,30-31H2,1-17H3,(H,72,73)/b63-47+/t34-,35-,36-,37+,38-,39+,43+,44-,46+,49-,50+,51-,52-,53+,57+,58-,59-,60-/m1/s1. The predicted molar refractivity (Wildman–Crippen MR) is 315 cm³/mol. The highest BCUT2D eigenvalue weighted by atomic mass is 16.7. The van der Waals surface area contributed by atoms with Crippen molar-refractivity contribution in [2.24, 2.45) is 28.8 Å². The molecule has 2 aromatic rings. The molecule has 18 atom stereocenters. The van der Waals surface area contributed by atoms with Gasteiger partial charge in [-0.1, -0.05) is 46.7 Å². The number of oxime groups is 1. The first-order valence-corrected chi connectivity index (χ1v) is 30.0. The third kappa shape index (κ3) is 17.0. The van der Waals surface area contributed by atoms with Crippen molar-refractivity contribution in [3.8, 4) is 0 Å². The van der Waals surface area contributed by atoms with Crippen LogP contribution in [-0.4, -0.2) is 228 Å². The van der Waals surface area contributed by atoms with Gasteiger partial charge in [0.2, 0.25) is 5.43 Å². The first-order chi connectivity index (χ1) is 39.4. The van der Waals surface area contributed by atoms with E-state index in [9.17, 15) is 44.7 Å². The van der Waals surface area contributed by atoms with E-state index >= 15 is 0 Å². The molecule has 24 heteroatoms. The molecule has 3 saturated heterocycles. The number of aliphatic hydroxyl groups excluding tert-OH is 2. The molecule has 0 aliphatic carbocycles. The Balaban J connectivity index is 1.39. The van der Waals surface area contributed by atoms with Gasteiger partial charge in [0.25, 0.3) is 0 Å². The van der Waals surface area contributed by atoms with E-state index in [1.165, 1.54) is 24.9 Å². The minimum atomic E-state index is -2.00. The van der Waals surface area contributed by atoms with Gasteiger partial charge in [0, 0.05) is 76.9 Å². The SMILES string of the molecule is CC[C@H]1OC(=O)[C@H](C)[C@@H](O[C@H]2C[C@@](C)(OC)[C@@H](OC(=O)CCNCCCc3cnc4c(c3)c(=O)c(C(=O)O)cn4N(C)C)[C@H](C)O2)[C@H](C)[C@@H](O[C@@H]2O[C@H](C)C[C@H](N(C)C)[C@H]2O)[C@](C)(O)C[C@@H](C)/C(=N\OCCN(CC)CC)[C@@H](C)[C@@H](O)[C@]1(C)O. The fourth-order valence-corrected chi connectivity index (χ4v) is 12.4. The summed E-state index contributed by atoms with van der Waals surface area (Å²) in [4.78, 5) is 67.7. The van der Waals surface area contributed by atoms with Crippen LogP contribution < -0.4 is 15.8 Å². The quantitative estimate of drug-likeness (QED) is 0.0525. The Bertz CT molecular complexity index is 2560. The number of aromatic carboxylic acids is 1. The molecule has 0 aromatic carbocycles. The first kappa shape index (κ1) is 70.3. The number of carboxylic acids is 1. The van der Waals surface area contributed by atoms with Crippen LogP contribution in [0.25, 0.3) is 11.0 Å². The first-order valence-electron chi connectivity index (χ1n) is 30.0. The number of esters is 2. The number of nitrogens with one attached hydrogen (secondary N) is 1. The minimum absolute atomic E-state index is 0.00768. The second-order valence-electron chi connectivity index (χ2n) is 24.6. The van der Waals surface area contributed by atoms with Gasteiger partial charge in [-0.05, 0) is 119 Å². The lowest BCUT2D eigenvalue weighted by atomic mass is 9.73. The lowest BCUT2D eigenvalue weighted by Gasteiger charge is -2.49. The van der Waals surface area contributed by atoms with E-state index in [4.69, 9.17) is 38.0 Å². The smallest absolute Gasteiger partial charge is 0.341 e. The van der Waals surface area contributed by atoms with Gasteiger partial charge in [-0.15, -0.1) is 0 Å². The van der Waals surface area contributed by atoms with Crippen LogP contribution in [0.2, 0.25) is 0 Å². The number of likely N-dealkylation sites (N-methyl/N-ethyl adjacent to an activating group) is 2. The van der Waals surface area contributed by atoms with Crippen LogP contribution in [0.5, 0.6) is 0 Å². The summed E-state index contributed by atoms with van der Waals surface area (Å²) >= 11 is 0. The third-order valence-corrected chi connectivity index (χ3v) is 17.5. The van der Waals surface area contributed by atoms with Crippen molar-refractivity contribution in [2.75, 3.05) is 79.6 Å². The number of carboxylic acid groups (broad SMARTS) is 1. The summed E-state index contributed by atoms with van der Waals surface area (Å²) in [5, 5.41) is 68.7. The average Bonchev–Trinajstić information content (AvgIpc) is 2.25. The summed E-state index contributed by atoms with van der Waals surface area (Å²) in [5.41, 5.74) is -4.53. The number of aromatic nitrogens is 2. The second kappa shape index (κ2) is 30.5. The highest BCUT2D eigenvalue weighted by Crippen LogP contribution is 2.42. The normalized spacial score (nSPS) is 35.2. The maximum absolute atomic E-state index is 14.8. The van der Waals surface area contributed by atoms with Crippen LogP contribution in [0.1, 0.15) is 138 Å². The molecule has 478 valence electrons. The molecule has 24 nitrogen and oxygen atoms in total. The summed E-state index contributed by atoms with van der Waals surface area (Å²) in [6.45, 7) is 24.4. The van der Waals surface area contributed by atoms with Crippen LogP contribution in [0.3, 0.4) is 0 Å². The van der Waals surface area contributed by atoms with E-state index in [1.807, 2.05) is 32.8 Å². The molecule has 5 rings (SSSR count). The number of aliphatic hydroxyl groups is 4. The zero-order valence-corrected chi connectivity index (χ0v) is 52.9. The summed E-state index contributed by atoms with van der Waals surface area (Å²) in [6.07, 6.45) is -6.06. The maximum atomic E-state index is 14.8. The molecule has 0 amide bonds. The Morgan fingerprint density at radius 3 is 2.21 bits per heavy atom. The summed E-state index contributed by atoms with van der Waals surface area (Å²) in [7, 11) is 8.65. The topological polar surface area (TPSA) is 295 Å². The number of methoxy groups -OCH3 is 1. The number of aryl methyl sites for hydroxylation is 1. The molecule has 3 fully saturated rings. The minimum Gasteiger partial charge on any atom is -0.477 e. The molecule has 3 aliphatic rings. The third-order valence-electron chi connectivity index (χ3n) is 17.5. The summed E-state index contributed by atoms with van der Waals surface area (Å²) < 4.78 is 46.7. The highest BCUT2D eigenvalue weighted by Gasteiger charge is 2.54. The lowest BCUT2D eigenvalue weighted by Crippen LogP contribution is -2.61. The molecule has 0 bridgehead atoms. The Kier molecular flexibility index (Phi) is 25.5. The molecule has 2 aromatic heterocycles. The summed E-state index contributed by atoms with van der Waals surface area (Å²) in [6, 6.07) is 1.30. The van der Waals surface area contributed by atoms with Crippen LogP contribution in [-0.2, 0) is 54.0 Å². The fraction of sp³-hybridized carbons (Fsp3) is 0.800. The van der Waals surface area contributed by atoms with Crippen molar-refractivity contribution in [1.29, 1.82) is 0 Å². The van der Waals surface area contributed by atoms with Gasteiger partial charge >= 0.3 is 17.9 Å². The molecule has 0 unspecified atom stereocenters. The number of carbonyl (C=O) groups is 3. The number of rotatable bonds is 23. The highest BCUT2D eigenvalue weighted by molar-refractivity contribution is 5.92. The number of cyclic esters (lactones) is 1. The molecule has 3 aliphatic heterocycles. The van der Waals surface area contributed by atoms with Gasteiger partial charge < -0.3 is 83.7 Å². The molecular weight excluding hydrogens is 1090 g/mol. The Labute approximate surface area is 496 Å². The largest absolute Gasteiger partial charge is 0.477 e. The fourth-order valence-electron chi connectivity index (χ4n) is 12.4. The van der Waals surface area contributed by atoms with Gasteiger partial charge in [-0.2, -0.15) is 0 Å². The number of fused-ring (bicyclic) bond motifs is 1. The van der Waals surface area contributed by atoms with Gasteiger partial charge in [0.05, 0.1) is 59.6 Å². The van der Waals surface area contributed by atoms with Crippen LogP contribution in [0, 0.1) is 23.7 Å². The lowest BCUT2D eigenvalue weighted by molar-refractivity contribution is -0.318.